The molecule has 4 aliphatic heterocycles. The van der Waals surface area contributed by atoms with Crippen LogP contribution in [0.1, 0.15) is 57.2 Å². The van der Waals surface area contributed by atoms with E-state index in [2.05, 4.69) is 154 Å². The molecule has 7 aromatic carbocycles. The third-order valence-electron chi connectivity index (χ3n) is 14.8. The number of aryl methyl sites for hydroxylation is 1. The SMILES string of the molecule is Cc1cc2c(cc1N1c3cc4c(cc3B3c5c1cc1c(oc6ccccc61)c5-c1cccc5c1N3c1ccccc1[Si]5(C)C)Oc1ccccc1O4)C(C)(C)CCC2(C)C. The number of nitrogens with zero attached hydrogens (tertiary/aromatic N) is 2. The Kier molecular flexibility index (Phi) is 6.55. The molecular formula is C53H45BN2O3Si. The number of para-hydroxylation sites is 5. The molecule has 60 heavy (non-hydrogen) atoms. The lowest BCUT2D eigenvalue weighted by molar-refractivity contribution is 0.332. The Hall–Kier alpha value is -6.18. The third kappa shape index (κ3) is 4.33. The zero-order valence-corrected chi connectivity index (χ0v) is 36.2. The average molecular weight is 797 g/mol. The molecule has 0 saturated heterocycles. The number of ether oxygens (including phenoxy) is 2. The fourth-order valence-electron chi connectivity index (χ4n) is 11.6. The van der Waals surface area contributed by atoms with Gasteiger partial charge in [0.25, 0.3) is 0 Å². The lowest BCUT2D eigenvalue weighted by Crippen LogP contribution is -2.68. The van der Waals surface area contributed by atoms with Gasteiger partial charge in [-0.3, -0.25) is 0 Å². The van der Waals surface area contributed by atoms with Crippen LogP contribution in [0.25, 0.3) is 33.1 Å². The lowest BCUT2D eigenvalue weighted by atomic mass is 9.43. The molecule has 0 amide bonds. The minimum atomic E-state index is -2.14. The normalized spacial score (nSPS) is 17.7. The molecule has 1 aromatic heterocycles. The van der Waals surface area contributed by atoms with Crippen LogP contribution in [0.5, 0.6) is 23.0 Å². The summed E-state index contributed by atoms with van der Waals surface area (Å²) >= 11 is 0. The minimum Gasteiger partial charge on any atom is -0.455 e. The zero-order valence-electron chi connectivity index (χ0n) is 35.2. The maximum atomic E-state index is 7.06. The zero-order chi connectivity index (χ0) is 40.6. The van der Waals surface area contributed by atoms with Gasteiger partial charge in [0.15, 0.2) is 23.0 Å². The predicted molar refractivity (Wildman–Crippen MR) is 251 cm³/mol. The first-order valence-electron chi connectivity index (χ1n) is 21.5. The summed E-state index contributed by atoms with van der Waals surface area (Å²) in [5.74, 6) is 2.90. The number of hydrogen-bond acceptors (Lipinski definition) is 5. The van der Waals surface area contributed by atoms with E-state index in [-0.39, 0.29) is 17.7 Å². The van der Waals surface area contributed by atoms with Gasteiger partial charge in [0.05, 0.1) is 0 Å². The molecule has 5 heterocycles. The number of benzene rings is 7. The van der Waals surface area contributed by atoms with Crippen molar-refractivity contribution in [1.29, 1.82) is 0 Å². The Balaban J connectivity index is 1.20. The van der Waals surface area contributed by atoms with E-state index in [9.17, 15) is 0 Å². The first-order valence-corrected chi connectivity index (χ1v) is 24.5. The Bertz CT molecular complexity index is 3250. The smallest absolute Gasteiger partial charge is 0.333 e. The Morgan fingerprint density at radius 2 is 1.27 bits per heavy atom. The van der Waals surface area contributed by atoms with Crippen LogP contribution in [0.4, 0.5) is 28.4 Å². The summed E-state index contributed by atoms with van der Waals surface area (Å²) < 4.78 is 20.6. The number of rotatable bonds is 1. The number of fused-ring (bicyclic) bond motifs is 13. The second-order valence-electron chi connectivity index (χ2n) is 19.6. The van der Waals surface area contributed by atoms with Crippen LogP contribution >= 0.6 is 0 Å². The highest BCUT2D eigenvalue weighted by Gasteiger charge is 2.52. The van der Waals surface area contributed by atoms with Gasteiger partial charge in [-0.1, -0.05) is 114 Å². The first-order chi connectivity index (χ1) is 28.9. The predicted octanol–water partition coefficient (Wildman–Crippen LogP) is 12.0. The Morgan fingerprint density at radius 1 is 0.600 bits per heavy atom. The second kappa shape index (κ2) is 11.3. The van der Waals surface area contributed by atoms with Crippen LogP contribution in [0, 0.1) is 6.92 Å². The molecule has 0 atom stereocenters. The van der Waals surface area contributed by atoms with Crippen molar-refractivity contribution in [2.45, 2.75) is 71.4 Å². The lowest BCUT2D eigenvalue weighted by Gasteiger charge is -2.51. The molecule has 0 saturated carbocycles. The van der Waals surface area contributed by atoms with E-state index < -0.39 is 8.07 Å². The van der Waals surface area contributed by atoms with Crippen molar-refractivity contribution in [1.82, 2.24) is 0 Å². The molecule has 7 heteroatoms. The molecule has 0 unspecified atom stereocenters. The Morgan fingerprint density at radius 3 is 2.05 bits per heavy atom. The molecule has 0 spiro atoms. The second-order valence-corrected chi connectivity index (χ2v) is 23.9. The summed E-state index contributed by atoms with van der Waals surface area (Å²) in [6.07, 6.45) is 2.31. The van der Waals surface area contributed by atoms with Crippen LogP contribution in [0.15, 0.2) is 126 Å². The van der Waals surface area contributed by atoms with Crippen LogP contribution in [0.2, 0.25) is 13.1 Å². The fourth-order valence-corrected chi connectivity index (χ4v) is 14.6. The molecule has 5 aliphatic rings. The van der Waals surface area contributed by atoms with Gasteiger partial charge in [0, 0.05) is 56.4 Å². The van der Waals surface area contributed by atoms with E-state index in [0.717, 1.165) is 57.0 Å². The number of hydrogen-bond donors (Lipinski definition) is 0. The van der Waals surface area contributed by atoms with Crippen molar-refractivity contribution in [3.8, 4) is 34.1 Å². The van der Waals surface area contributed by atoms with E-state index in [0.29, 0.717) is 0 Å². The van der Waals surface area contributed by atoms with Crippen LogP contribution in [-0.2, 0) is 10.8 Å². The highest BCUT2D eigenvalue weighted by Crippen LogP contribution is 2.55. The summed E-state index contributed by atoms with van der Waals surface area (Å²) in [6.45, 7) is 16.8. The van der Waals surface area contributed by atoms with E-state index in [1.54, 1.807) is 0 Å². The first kappa shape index (κ1) is 34.7. The highest BCUT2D eigenvalue weighted by atomic mass is 28.3. The molecule has 0 bridgehead atoms. The van der Waals surface area contributed by atoms with Gasteiger partial charge in [0.2, 0.25) is 0 Å². The quantitative estimate of drug-likeness (QED) is 0.155. The van der Waals surface area contributed by atoms with Crippen molar-refractivity contribution in [2.75, 3.05) is 9.71 Å². The van der Waals surface area contributed by atoms with Gasteiger partial charge in [0.1, 0.15) is 19.2 Å². The molecule has 0 fully saturated rings. The summed E-state index contributed by atoms with van der Waals surface area (Å²) in [7, 11) is -2.14. The van der Waals surface area contributed by atoms with Crippen molar-refractivity contribution >= 4 is 86.6 Å². The highest BCUT2D eigenvalue weighted by molar-refractivity contribution is 7.05. The average Bonchev–Trinajstić information content (AvgIpc) is 3.62. The monoisotopic (exact) mass is 796 g/mol. The number of furan rings is 1. The van der Waals surface area contributed by atoms with Gasteiger partial charge >= 0.3 is 6.85 Å². The fraction of sp³-hybridized carbons (Fsp3) is 0.208. The summed E-state index contributed by atoms with van der Waals surface area (Å²) in [6, 6.07) is 44.7. The topological polar surface area (TPSA) is 38.1 Å². The van der Waals surface area contributed by atoms with Crippen LogP contribution < -0.4 is 40.5 Å². The van der Waals surface area contributed by atoms with Crippen molar-refractivity contribution in [3.05, 3.63) is 138 Å². The molecule has 1 aliphatic carbocycles. The minimum absolute atomic E-state index is 0.0264. The molecule has 13 rings (SSSR count). The van der Waals surface area contributed by atoms with Gasteiger partial charge in [-0.05, 0) is 111 Å². The van der Waals surface area contributed by atoms with Crippen molar-refractivity contribution in [3.63, 3.8) is 0 Å². The molecule has 292 valence electrons. The van der Waals surface area contributed by atoms with E-state index in [1.807, 2.05) is 24.3 Å². The van der Waals surface area contributed by atoms with Gasteiger partial charge in [-0.2, -0.15) is 0 Å². The standard InChI is InChI=1S/C53H45BN2O3Si/c1-30-25-34-35(53(4,5)24-23-52(34,2)3)27-38(30)55-39-29-45-44(57-42-19-11-12-20-43(42)58-45)28-36(39)54-49-40(55)26-33-31-15-8-10-18-41(31)59-51(33)48(49)32-16-14-22-47-50(32)56(54)37-17-9-13-21-46(37)60(47,6)7/h8-22,25-29H,23-24H2,1-7H3. The Labute approximate surface area is 352 Å². The van der Waals surface area contributed by atoms with Crippen molar-refractivity contribution < 1.29 is 13.9 Å². The van der Waals surface area contributed by atoms with Crippen LogP contribution in [-0.4, -0.2) is 14.9 Å². The summed E-state index contributed by atoms with van der Waals surface area (Å²) in [5.41, 5.74) is 17.0. The molecular weight excluding hydrogens is 751 g/mol. The van der Waals surface area contributed by atoms with E-state index in [4.69, 9.17) is 13.9 Å². The summed E-state index contributed by atoms with van der Waals surface area (Å²) in [4.78, 5) is 5.23. The van der Waals surface area contributed by atoms with Crippen LogP contribution in [0.3, 0.4) is 0 Å². The van der Waals surface area contributed by atoms with Gasteiger partial charge in [-0.15, -0.1) is 0 Å². The van der Waals surface area contributed by atoms with Gasteiger partial charge < -0.3 is 23.6 Å². The number of anilines is 5. The molecule has 0 radical (unpaired) electrons. The van der Waals surface area contributed by atoms with Gasteiger partial charge in [-0.25, -0.2) is 0 Å². The maximum Gasteiger partial charge on any atom is 0.333 e. The van der Waals surface area contributed by atoms with Crippen molar-refractivity contribution in [2.24, 2.45) is 0 Å². The molecule has 0 N–H and O–H groups in total. The largest absolute Gasteiger partial charge is 0.455 e. The molecule has 8 aromatic rings. The third-order valence-corrected chi connectivity index (χ3v) is 18.4. The molecule has 5 nitrogen and oxygen atoms in total. The maximum absolute atomic E-state index is 7.06. The van der Waals surface area contributed by atoms with E-state index >= 15 is 0 Å². The summed E-state index contributed by atoms with van der Waals surface area (Å²) in [5, 5.41) is 5.17. The van der Waals surface area contributed by atoms with E-state index in [1.165, 1.54) is 78.3 Å².